The SMILES string of the molecule is COc1cccc(C(=O)CN2C(=O)[C@@H](C)Oc3ccccc32)c1. The first-order chi connectivity index (χ1) is 11.1. The Morgan fingerprint density at radius 2 is 2.00 bits per heavy atom. The fourth-order valence-electron chi connectivity index (χ4n) is 2.55. The van der Waals surface area contributed by atoms with E-state index in [-0.39, 0.29) is 18.2 Å². The minimum absolute atomic E-state index is 0.0310. The molecule has 0 saturated carbocycles. The van der Waals surface area contributed by atoms with Crippen LogP contribution in [0.5, 0.6) is 11.5 Å². The van der Waals surface area contributed by atoms with Crippen LogP contribution in [0.1, 0.15) is 17.3 Å². The van der Waals surface area contributed by atoms with E-state index in [0.717, 1.165) is 0 Å². The van der Waals surface area contributed by atoms with Crippen LogP contribution >= 0.6 is 0 Å². The first-order valence-corrected chi connectivity index (χ1v) is 7.34. The summed E-state index contributed by atoms with van der Waals surface area (Å²) in [5.41, 5.74) is 1.13. The molecule has 3 rings (SSSR count). The first kappa shape index (κ1) is 15.1. The van der Waals surface area contributed by atoms with Crippen molar-refractivity contribution < 1.29 is 19.1 Å². The molecule has 5 heteroatoms. The standard InChI is InChI=1S/C18H17NO4/c1-12-18(21)19(15-8-3-4-9-17(15)23-12)11-16(20)13-6-5-7-14(10-13)22-2/h3-10,12H,11H2,1-2H3/t12-/m1/s1. The van der Waals surface area contributed by atoms with Crippen molar-refractivity contribution in [2.45, 2.75) is 13.0 Å². The second-order valence-electron chi connectivity index (χ2n) is 5.31. The van der Waals surface area contributed by atoms with E-state index in [1.807, 2.05) is 12.1 Å². The molecule has 0 N–H and O–H groups in total. The normalized spacial score (nSPS) is 16.5. The summed E-state index contributed by atoms with van der Waals surface area (Å²) in [5, 5.41) is 0. The summed E-state index contributed by atoms with van der Waals surface area (Å²) in [4.78, 5) is 26.4. The summed E-state index contributed by atoms with van der Waals surface area (Å²) in [6, 6.07) is 14.1. The quantitative estimate of drug-likeness (QED) is 0.815. The van der Waals surface area contributed by atoms with Crippen molar-refractivity contribution in [2.24, 2.45) is 0 Å². The van der Waals surface area contributed by atoms with Gasteiger partial charge in [0, 0.05) is 5.56 Å². The molecule has 2 aromatic carbocycles. The number of Topliss-reactive ketones (excluding diaryl/α,β-unsaturated/α-hetero) is 1. The maximum Gasteiger partial charge on any atom is 0.268 e. The highest BCUT2D eigenvalue weighted by atomic mass is 16.5. The fraction of sp³-hybridized carbons (Fsp3) is 0.222. The number of benzene rings is 2. The van der Waals surface area contributed by atoms with Crippen molar-refractivity contribution in [1.82, 2.24) is 0 Å². The Labute approximate surface area is 134 Å². The zero-order valence-corrected chi connectivity index (χ0v) is 13.0. The molecule has 1 amide bonds. The van der Waals surface area contributed by atoms with Gasteiger partial charge in [-0.25, -0.2) is 0 Å². The van der Waals surface area contributed by atoms with Gasteiger partial charge < -0.3 is 9.47 Å². The number of methoxy groups -OCH3 is 1. The number of ether oxygens (including phenoxy) is 2. The average Bonchev–Trinajstić information content (AvgIpc) is 2.58. The zero-order chi connectivity index (χ0) is 16.4. The van der Waals surface area contributed by atoms with Crippen LogP contribution in [-0.4, -0.2) is 31.4 Å². The molecular formula is C18H17NO4. The highest BCUT2D eigenvalue weighted by Gasteiger charge is 2.32. The Hall–Kier alpha value is -2.82. The highest BCUT2D eigenvalue weighted by Crippen LogP contribution is 2.33. The molecule has 1 atom stereocenters. The van der Waals surface area contributed by atoms with E-state index < -0.39 is 6.10 Å². The van der Waals surface area contributed by atoms with Gasteiger partial charge in [-0.05, 0) is 31.2 Å². The molecule has 118 valence electrons. The number of hydrogen-bond acceptors (Lipinski definition) is 4. The summed E-state index contributed by atoms with van der Waals surface area (Å²) in [5.74, 6) is 0.845. The smallest absolute Gasteiger partial charge is 0.268 e. The number of amides is 1. The number of anilines is 1. The first-order valence-electron chi connectivity index (χ1n) is 7.34. The molecule has 5 nitrogen and oxygen atoms in total. The lowest BCUT2D eigenvalue weighted by Crippen LogP contribution is -2.46. The van der Waals surface area contributed by atoms with Crippen LogP contribution in [0.4, 0.5) is 5.69 Å². The zero-order valence-electron chi connectivity index (χ0n) is 13.0. The minimum Gasteiger partial charge on any atom is -0.497 e. The Morgan fingerprint density at radius 3 is 2.78 bits per heavy atom. The third-order valence-electron chi connectivity index (χ3n) is 3.77. The number of nitrogens with zero attached hydrogens (tertiary/aromatic N) is 1. The Morgan fingerprint density at radius 1 is 1.22 bits per heavy atom. The van der Waals surface area contributed by atoms with Gasteiger partial charge in [0.25, 0.3) is 5.91 Å². The summed E-state index contributed by atoms with van der Waals surface area (Å²) in [7, 11) is 1.55. The van der Waals surface area contributed by atoms with E-state index in [2.05, 4.69) is 0 Å². The van der Waals surface area contributed by atoms with Crippen LogP contribution < -0.4 is 14.4 Å². The van der Waals surface area contributed by atoms with Gasteiger partial charge in [0.05, 0.1) is 19.3 Å². The lowest BCUT2D eigenvalue weighted by atomic mass is 10.1. The van der Waals surface area contributed by atoms with Gasteiger partial charge in [-0.3, -0.25) is 14.5 Å². The van der Waals surface area contributed by atoms with Crippen molar-refractivity contribution in [1.29, 1.82) is 0 Å². The van der Waals surface area contributed by atoms with Gasteiger partial charge in [0.15, 0.2) is 11.9 Å². The van der Waals surface area contributed by atoms with Gasteiger partial charge in [-0.15, -0.1) is 0 Å². The van der Waals surface area contributed by atoms with E-state index in [1.54, 1.807) is 50.4 Å². The molecule has 0 aromatic heterocycles. The molecule has 0 bridgehead atoms. The van der Waals surface area contributed by atoms with E-state index in [1.165, 1.54) is 4.90 Å². The van der Waals surface area contributed by atoms with Crippen LogP contribution in [0, 0.1) is 0 Å². The average molecular weight is 311 g/mol. The van der Waals surface area contributed by atoms with Crippen LogP contribution in [0.2, 0.25) is 0 Å². The highest BCUT2D eigenvalue weighted by molar-refractivity contribution is 6.08. The molecule has 23 heavy (non-hydrogen) atoms. The largest absolute Gasteiger partial charge is 0.497 e. The van der Waals surface area contributed by atoms with Crippen LogP contribution in [0.15, 0.2) is 48.5 Å². The second kappa shape index (κ2) is 6.12. The third-order valence-corrected chi connectivity index (χ3v) is 3.77. The fourth-order valence-corrected chi connectivity index (χ4v) is 2.55. The predicted molar refractivity (Wildman–Crippen MR) is 86.2 cm³/mol. The van der Waals surface area contributed by atoms with E-state index in [9.17, 15) is 9.59 Å². The Balaban J connectivity index is 1.89. The number of fused-ring (bicyclic) bond motifs is 1. The third kappa shape index (κ3) is 2.90. The Bertz CT molecular complexity index is 756. The van der Waals surface area contributed by atoms with E-state index in [4.69, 9.17) is 9.47 Å². The molecule has 1 aliphatic rings. The van der Waals surface area contributed by atoms with Gasteiger partial charge >= 0.3 is 0 Å². The van der Waals surface area contributed by atoms with Crippen LogP contribution in [0.3, 0.4) is 0 Å². The lowest BCUT2D eigenvalue weighted by molar-refractivity contribution is -0.125. The lowest BCUT2D eigenvalue weighted by Gasteiger charge is -2.32. The van der Waals surface area contributed by atoms with Crippen molar-refractivity contribution in [2.75, 3.05) is 18.6 Å². The van der Waals surface area contributed by atoms with Gasteiger partial charge in [-0.1, -0.05) is 24.3 Å². The van der Waals surface area contributed by atoms with E-state index in [0.29, 0.717) is 22.7 Å². The van der Waals surface area contributed by atoms with Crippen molar-refractivity contribution in [3.8, 4) is 11.5 Å². The molecule has 0 radical (unpaired) electrons. The second-order valence-corrected chi connectivity index (χ2v) is 5.31. The molecule has 0 saturated heterocycles. The molecule has 0 spiro atoms. The molecule has 1 heterocycles. The Kier molecular flexibility index (Phi) is 4.02. The summed E-state index contributed by atoms with van der Waals surface area (Å²) in [6.45, 7) is 1.65. The molecule has 2 aromatic rings. The number of hydrogen-bond donors (Lipinski definition) is 0. The van der Waals surface area contributed by atoms with E-state index >= 15 is 0 Å². The number of ketones is 1. The molecule has 0 unspecified atom stereocenters. The van der Waals surface area contributed by atoms with Gasteiger partial charge in [-0.2, -0.15) is 0 Å². The number of carbonyl (C=O) groups excluding carboxylic acids is 2. The maximum atomic E-state index is 12.6. The summed E-state index contributed by atoms with van der Waals surface area (Å²) < 4.78 is 10.7. The molecule has 0 aliphatic carbocycles. The summed E-state index contributed by atoms with van der Waals surface area (Å²) in [6.07, 6.45) is -0.608. The molecule has 0 fully saturated rings. The number of rotatable bonds is 4. The van der Waals surface area contributed by atoms with Crippen molar-refractivity contribution in [3.63, 3.8) is 0 Å². The maximum absolute atomic E-state index is 12.6. The minimum atomic E-state index is -0.608. The topological polar surface area (TPSA) is 55.8 Å². The van der Waals surface area contributed by atoms with Crippen LogP contribution in [0.25, 0.3) is 0 Å². The van der Waals surface area contributed by atoms with Crippen molar-refractivity contribution in [3.05, 3.63) is 54.1 Å². The molecule has 1 aliphatic heterocycles. The summed E-state index contributed by atoms with van der Waals surface area (Å²) >= 11 is 0. The number of carbonyl (C=O) groups is 2. The van der Waals surface area contributed by atoms with Gasteiger partial charge in [0.1, 0.15) is 11.5 Å². The molecular weight excluding hydrogens is 294 g/mol. The van der Waals surface area contributed by atoms with Gasteiger partial charge in [0.2, 0.25) is 0 Å². The van der Waals surface area contributed by atoms with Crippen LogP contribution in [-0.2, 0) is 4.79 Å². The number of para-hydroxylation sites is 2. The van der Waals surface area contributed by atoms with Crippen molar-refractivity contribution >= 4 is 17.4 Å². The predicted octanol–water partition coefficient (Wildman–Crippen LogP) is 2.69. The monoisotopic (exact) mass is 311 g/mol.